The quantitative estimate of drug-likeness (QED) is 0.0560. The molecule has 0 aromatic heterocycles. The zero-order chi connectivity index (χ0) is 62.2. The monoisotopic (exact) mass is 1200 g/mol. The van der Waals surface area contributed by atoms with Gasteiger partial charge in [0, 0.05) is 11.1 Å². The highest BCUT2D eigenvalue weighted by Gasteiger charge is 2.31. The number of hydrogen-bond acceptors (Lipinski definition) is 0. The molecule has 11 rings (SSSR count). The van der Waals surface area contributed by atoms with E-state index in [0.29, 0.717) is 23.0 Å². The van der Waals surface area contributed by atoms with Gasteiger partial charge in [0.2, 0.25) is 0 Å². The van der Waals surface area contributed by atoms with E-state index in [2.05, 4.69) is 145 Å². The standard InChI is InChI=1S/C32H39F.C31H37F.C24H38/c1-3-5-6-8-25-9-13-26(14-10-25)27-17-19-28(20-18-27)30-21-22-31(32(33)23-30)29-15-11-24(7-4-2)12-16-29;1-3-5-6-7-24-10-12-25(13-11-24)26-16-18-27(19-17-26)29-20-21-30(31(32)22-29)28-14-8-23(4-2)9-15-28;1-3-4-5-6-20-9-13-22(14-10-20)24-17-15-23(16-18-24)21-11-7-19(2)8-12-21/h11-12,15-23,25-26H,3-10,13-14H2,1-2H3;8-9,14-22,24-25H,3-7,10-13H2,1-2H3;7-8,11-12,20,22-24H,3-6,9-10,13-18H2,1-2H3. The molecule has 0 unspecified atom stereocenters. The minimum atomic E-state index is -0.155. The first kappa shape index (κ1) is 67.8. The van der Waals surface area contributed by atoms with Gasteiger partial charge in [-0.15, -0.1) is 0 Å². The second-order valence-corrected chi connectivity index (χ2v) is 28.4. The summed E-state index contributed by atoms with van der Waals surface area (Å²) in [6.07, 6.45) is 42.8. The molecule has 4 saturated carbocycles. The summed E-state index contributed by atoms with van der Waals surface area (Å²) in [6, 6.07) is 54.9. The molecular weight excluding hydrogens is 1080 g/mol. The Bertz CT molecular complexity index is 3080. The molecular formula is C87H114F2. The minimum Gasteiger partial charge on any atom is -0.206 e. The summed E-state index contributed by atoms with van der Waals surface area (Å²) in [7, 11) is 0. The maximum absolute atomic E-state index is 15.0. The van der Waals surface area contributed by atoms with Crippen LogP contribution in [0.3, 0.4) is 0 Å². The van der Waals surface area contributed by atoms with Crippen LogP contribution in [0.2, 0.25) is 0 Å². The van der Waals surface area contributed by atoms with Crippen molar-refractivity contribution in [1.82, 2.24) is 0 Å². The number of rotatable bonds is 23. The van der Waals surface area contributed by atoms with E-state index in [1.54, 1.807) is 17.7 Å². The van der Waals surface area contributed by atoms with Crippen LogP contribution in [0.15, 0.2) is 158 Å². The first-order valence-electron chi connectivity index (χ1n) is 36.7. The van der Waals surface area contributed by atoms with Crippen molar-refractivity contribution in [3.8, 4) is 44.5 Å². The first-order valence-corrected chi connectivity index (χ1v) is 36.7. The smallest absolute Gasteiger partial charge is 0.131 e. The molecule has 0 heterocycles. The van der Waals surface area contributed by atoms with Crippen molar-refractivity contribution < 1.29 is 8.78 Å². The highest BCUT2D eigenvalue weighted by atomic mass is 19.1. The third kappa shape index (κ3) is 20.2. The molecule has 0 amide bonds. The summed E-state index contributed by atoms with van der Waals surface area (Å²) in [4.78, 5) is 0. The average Bonchev–Trinajstić information content (AvgIpc) is 3.07. The van der Waals surface area contributed by atoms with Crippen molar-refractivity contribution in [1.29, 1.82) is 0 Å². The molecule has 89 heavy (non-hydrogen) atoms. The lowest BCUT2D eigenvalue weighted by atomic mass is 9.68. The summed E-state index contributed by atoms with van der Waals surface area (Å²) in [5.41, 5.74) is 15.8. The fourth-order valence-corrected chi connectivity index (χ4v) is 16.1. The van der Waals surface area contributed by atoms with Crippen molar-refractivity contribution in [2.75, 3.05) is 0 Å². The van der Waals surface area contributed by atoms with Gasteiger partial charge in [-0.1, -0.05) is 282 Å². The lowest BCUT2D eigenvalue weighted by molar-refractivity contribution is 0.155. The van der Waals surface area contributed by atoms with E-state index in [9.17, 15) is 8.78 Å². The fraction of sp³-hybridized carbons (Fsp3) is 0.517. The summed E-state index contributed by atoms with van der Waals surface area (Å²) >= 11 is 0. The molecule has 0 radical (unpaired) electrons. The largest absolute Gasteiger partial charge is 0.206 e. The van der Waals surface area contributed by atoms with Gasteiger partial charge in [-0.3, -0.25) is 0 Å². The molecule has 7 aromatic rings. The van der Waals surface area contributed by atoms with Crippen LogP contribution in [0.25, 0.3) is 44.5 Å². The minimum absolute atomic E-state index is 0.152. The van der Waals surface area contributed by atoms with Crippen LogP contribution in [-0.2, 0) is 12.8 Å². The topological polar surface area (TPSA) is 0 Å². The molecule has 4 aliphatic rings. The van der Waals surface area contributed by atoms with Gasteiger partial charge in [-0.25, -0.2) is 8.78 Å². The Hall–Kier alpha value is -5.60. The normalized spacial score (nSPS) is 21.9. The third-order valence-electron chi connectivity index (χ3n) is 22.1. The maximum Gasteiger partial charge on any atom is 0.131 e. The highest BCUT2D eigenvalue weighted by Crippen LogP contribution is 2.46. The molecule has 2 heteroatoms. The number of aryl methyl sites for hydroxylation is 3. The predicted octanol–water partition coefficient (Wildman–Crippen LogP) is 27.2. The van der Waals surface area contributed by atoms with Crippen molar-refractivity contribution in [3.05, 3.63) is 203 Å². The van der Waals surface area contributed by atoms with Crippen LogP contribution < -0.4 is 0 Å². The third-order valence-corrected chi connectivity index (χ3v) is 22.1. The van der Waals surface area contributed by atoms with E-state index in [4.69, 9.17) is 0 Å². The van der Waals surface area contributed by atoms with Crippen LogP contribution in [0.4, 0.5) is 8.78 Å². The summed E-state index contributed by atoms with van der Waals surface area (Å²) in [6.45, 7) is 13.4. The zero-order valence-corrected chi connectivity index (χ0v) is 56.3. The van der Waals surface area contributed by atoms with E-state index in [-0.39, 0.29) is 11.6 Å². The van der Waals surface area contributed by atoms with E-state index in [1.165, 1.54) is 208 Å². The van der Waals surface area contributed by atoms with Gasteiger partial charge in [0.25, 0.3) is 0 Å². The van der Waals surface area contributed by atoms with E-state index < -0.39 is 0 Å². The van der Waals surface area contributed by atoms with Crippen LogP contribution in [-0.4, -0.2) is 0 Å². The molecule has 7 aromatic carbocycles. The molecule has 4 aliphatic carbocycles. The summed E-state index contributed by atoms with van der Waals surface area (Å²) in [5, 5.41) is 0. The second kappa shape index (κ2) is 35.9. The number of benzene rings is 7. The van der Waals surface area contributed by atoms with Crippen LogP contribution in [0.5, 0.6) is 0 Å². The van der Waals surface area contributed by atoms with E-state index >= 15 is 0 Å². The highest BCUT2D eigenvalue weighted by molar-refractivity contribution is 5.73. The molecule has 4 fully saturated rings. The molecule has 0 bridgehead atoms. The van der Waals surface area contributed by atoms with Crippen molar-refractivity contribution >= 4 is 0 Å². The Morgan fingerprint density at radius 2 is 0.618 bits per heavy atom. The Morgan fingerprint density at radius 3 is 0.966 bits per heavy atom. The van der Waals surface area contributed by atoms with Gasteiger partial charge < -0.3 is 0 Å². The van der Waals surface area contributed by atoms with Gasteiger partial charge in [-0.05, 0) is 230 Å². The van der Waals surface area contributed by atoms with E-state index in [1.807, 2.05) is 42.5 Å². The predicted molar refractivity (Wildman–Crippen MR) is 381 cm³/mol. The van der Waals surface area contributed by atoms with Crippen molar-refractivity contribution in [2.24, 2.45) is 29.6 Å². The summed E-state index contributed by atoms with van der Waals surface area (Å²) < 4.78 is 29.9. The number of unbranched alkanes of at least 4 members (excludes halogenated alkanes) is 6. The molecule has 0 spiro atoms. The van der Waals surface area contributed by atoms with Gasteiger partial charge in [-0.2, -0.15) is 0 Å². The molecule has 0 aliphatic heterocycles. The Balaban J connectivity index is 0.000000161. The number of halogens is 2. The van der Waals surface area contributed by atoms with Gasteiger partial charge in [0.05, 0.1) is 0 Å². The zero-order valence-electron chi connectivity index (χ0n) is 56.3. The van der Waals surface area contributed by atoms with E-state index in [0.717, 1.165) is 88.2 Å². The average molecular weight is 1200 g/mol. The van der Waals surface area contributed by atoms with Crippen LogP contribution in [0, 0.1) is 48.1 Å². The van der Waals surface area contributed by atoms with Crippen molar-refractivity contribution in [2.45, 2.75) is 258 Å². The second-order valence-electron chi connectivity index (χ2n) is 28.4. The van der Waals surface area contributed by atoms with Crippen LogP contribution >= 0.6 is 0 Å². The molecule has 476 valence electrons. The van der Waals surface area contributed by atoms with Gasteiger partial charge >= 0.3 is 0 Å². The SMILES string of the molecule is CCCCCC1CCC(C2CCC(c3ccc(C)cc3)CC2)CC1.CCCCCC1CCC(c2ccc(-c3ccc(-c4ccc(CC)cc4)c(F)c3)cc2)CC1.CCCCCC1CCC(c2ccc(-c3ccc(-c4ccc(CCC)cc4)c(F)c3)cc2)CC1. The lowest BCUT2D eigenvalue weighted by Crippen LogP contribution is -2.25. The van der Waals surface area contributed by atoms with Crippen LogP contribution in [0.1, 0.15) is 272 Å². The van der Waals surface area contributed by atoms with Gasteiger partial charge in [0.15, 0.2) is 0 Å². The maximum atomic E-state index is 15.0. The molecule has 0 saturated heterocycles. The first-order chi connectivity index (χ1) is 43.6. The molecule has 0 nitrogen and oxygen atoms in total. The van der Waals surface area contributed by atoms with Gasteiger partial charge in [0.1, 0.15) is 11.6 Å². The lowest BCUT2D eigenvalue weighted by Gasteiger charge is -2.38. The summed E-state index contributed by atoms with van der Waals surface area (Å²) in [5.74, 6) is 6.97. The molecule has 0 atom stereocenters. The molecule has 0 N–H and O–H groups in total. The number of hydrogen-bond donors (Lipinski definition) is 0. The Morgan fingerprint density at radius 1 is 0.303 bits per heavy atom. The Kier molecular flexibility index (Phi) is 27.3. The van der Waals surface area contributed by atoms with Crippen molar-refractivity contribution in [3.63, 3.8) is 0 Å². The fourth-order valence-electron chi connectivity index (χ4n) is 16.1. The Labute approximate surface area is 541 Å².